The Bertz CT molecular complexity index is 338. The van der Waals surface area contributed by atoms with Gasteiger partial charge in [0, 0.05) is 39.9 Å². The molecule has 2 heterocycles. The Morgan fingerprint density at radius 3 is 2.87 bits per heavy atom. The molecule has 6 nitrogen and oxygen atoms in total. The quantitative estimate of drug-likeness (QED) is 0.258. The lowest BCUT2D eigenvalue weighted by molar-refractivity contribution is 0.0420. The van der Waals surface area contributed by atoms with E-state index in [1.54, 1.807) is 0 Å². The van der Waals surface area contributed by atoms with E-state index in [1.165, 1.54) is 19.5 Å². The van der Waals surface area contributed by atoms with E-state index < -0.39 is 0 Å². The third-order valence-electron chi connectivity index (χ3n) is 4.45. The lowest BCUT2D eigenvalue weighted by Gasteiger charge is -2.16. The zero-order valence-corrected chi connectivity index (χ0v) is 16.9. The second-order valence-electron chi connectivity index (χ2n) is 6.14. The van der Waals surface area contributed by atoms with Crippen molar-refractivity contribution in [2.75, 3.05) is 59.6 Å². The first-order chi connectivity index (χ1) is 10.8. The van der Waals surface area contributed by atoms with Crippen molar-refractivity contribution in [3.8, 4) is 0 Å². The van der Waals surface area contributed by atoms with Gasteiger partial charge in [-0.05, 0) is 38.3 Å². The number of nitrogens with one attached hydrogen (secondary N) is 2. The minimum Gasteiger partial charge on any atom is -0.379 e. The van der Waals surface area contributed by atoms with E-state index in [9.17, 15) is 0 Å². The molecule has 2 unspecified atom stereocenters. The summed E-state index contributed by atoms with van der Waals surface area (Å²) in [4.78, 5) is 6.79. The van der Waals surface area contributed by atoms with Crippen LogP contribution < -0.4 is 10.6 Å². The van der Waals surface area contributed by atoms with Gasteiger partial charge in [-0.25, -0.2) is 0 Å². The maximum Gasteiger partial charge on any atom is 0.190 e. The maximum atomic E-state index is 5.75. The zero-order chi connectivity index (χ0) is 15.6. The highest BCUT2D eigenvalue weighted by atomic mass is 127. The molecular weight excluding hydrogens is 407 g/mol. The summed E-state index contributed by atoms with van der Waals surface area (Å²) in [7, 11) is 1.83. The standard InChI is InChI=1S/C16H32N4O2.HI/c1-3-20-8-5-14(12-20)11-19-16(17-2)18-7-4-9-22-15-6-10-21-13-15;/h14-15H,3-13H2,1-2H3,(H2,17,18,19);1H. The van der Waals surface area contributed by atoms with E-state index in [4.69, 9.17) is 9.47 Å². The predicted molar refractivity (Wildman–Crippen MR) is 105 cm³/mol. The topological polar surface area (TPSA) is 58.1 Å². The van der Waals surface area contributed by atoms with Gasteiger partial charge >= 0.3 is 0 Å². The van der Waals surface area contributed by atoms with Crippen LogP contribution in [0.15, 0.2) is 4.99 Å². The summed E-state index contributed by atoms with van der Waals surface area (Å²) in [5.74, 6) is 1.64. The number of nitrogens with zero attached hydrogens (tertiary/aromatic N) is 2. The van der Waals surface area contributed by atoms with Crippen molar-refractivity contribution in [3.63, 3.8) is 0 Å². The van der Waals surface area contributed by atoms with Gasteiger partial charge in [-0.1, -0.05) is 6.92 Å². The molecule has 2 aliphatic rings. The van der Waals surface area contributed by atoms with Crippen molar-refractivity contribution in [2.24, 2.45) is 10.9 Å². The van der Waals surface area contributed by atoms with Crippen molar-refractivity contribution in [3.05, 3.63) is 0 Å². The summed E-state index contributed by atoms with van der Waals surface area (Å²) in [6.45, 7) is 10.1. The van der Waals surface area contributed by atoms with Crippen molar-refractivity contribution in [1.29, 1.82) is 0 Å². The van der Waals surface area contributed by atoms with E-state index in [2.05, 4.69) is 27.4 Å². The van der Waals surface area contributed by atoms with E-state index in [-0.39, 0.29) is 24.0 Å². The summed E-state index contributed by atoms with van der Waals surface area (Å²) in [6, 6.07) is 0. The molecular formula is C16H33IN4O2. The molecule has 2 atom stereocenters. The van der Waals surface area contributed by atoms with Gasteiger partial charge in [-0.3, -0.25) is 4.99 Å². The lowest BCUT2D eigenvalue weighted by Crippen LogP contribution is -2.40. The molecule has 2 N–H and O–H groups in total. The van der Waals surface area contributed by atoms with Crippen LogP contribution in [0.25, 0.3) is 0 Å². The Labute approximate surface area is 157 Å². The molecule has 0 aromatic rings. The first-order valence-electron chi connectivity index (χ1n) is 8.68. The van der Waals surface area contributed by atoms with Crippen molar-refractivity contribution < 1.29 is 9.47 Å². The molecule has 0 amide bonds. The Morgan fingerprint density at radius 2 is 2.22 bits per heavy atom. The van der Waals surface area contributed by atoms with Gasteiger partial charge < -0.3 is 25.0 Å². The van der Waals surface area contributed by atoms with Crippen molar-refractivity contribution in [2.45, 2.75) is 32.3 Å². The molecule has 2 aliphatic heterocycles. The molecule has 2 saturated heterocycles. The Kier molecular flexibility index (Phi) is 11.2. The molecule has 2 fully saturated rings. The highest BCUT2D eigenvalue weighted by molar-refractivity contribution is 14.0. The average Bonchev–Trinajstić information content (AvgIpc) is 3.21. The number of ether oxygens (including phenoxy) is 2. The number of hydrogen-bond acceptors (Lipinski definition) is 4. The zero-order valence-electron chi connectivity index (χ0n) is 14.6. The average molecular weight is 440 g/mol. The summed E-state index contributed by atoms with van der Waals surface area (Å²) >= 11 is 0. The molecule has 0 aliphatic carbocycles. The van der Waals surface area contributed by atoms with Gasteiger partial charge in [0.25, 0.3) is 0 Å². The number of guanidine groups is 1. The molecule has 0 aromatic carbocycles. The summed E-state index contributed by atoms with van der Waals surface area (Å²) in [6.07, 6.45) is 3.62. The van der Waals surface area contributed by atoms with Crippen LogP contribution in [-0.4, -0.2) is 76.6 Å². The molecule has 2 rings (SSSR count). The second kappa shape index (κ2) is 12.3. The van der Waals surface area contributed by atoms with E-state index in [1.807, 2.05) is 7.05 Å². The Balaban J connectivity index is 0.00000264. The highest BCUT2D eigenvalue weighted by Gasteiger charge is 2.21. The smallest absolute Gasteiger partial charge is 0.190 e. The van der Waals surface area contributed by atoms with Crippen molar-refractivity contribution >= 4 is 29.9 Å². The van der Waals surface area contributed by atoms with Crippen LogP contribution in [0.5, 0.6) is 0 Å². The van der Waals surface area contributed by atoms with Crippen LogP contribution in [0.2, 0.25) is 0 Å². The van der Waals surface area contributed by atoms with E-state index in [0.717, 1.165) is 64.2 Å². The van der Waals surface area contributed by atoms with Gasteiger partial charge in [0.15, 0.2) is 5.96 Å². The molecule has 0 saturated carbocycles. The lowest BCUT2D eigenvalue weighted by atomic mass is 10.1. The SMILES string of the molecule is CCN1CCC(CNC(=NC)NCCCOC2CCOC2)C1.I. The van der Waals surface area contributed by atoms with Crippen LogP contribution in [0.3, 0.4) is 0 Å². The molecule has 0 radical (unpaired) electrons. The summed E-state index contributed by atoms with van der Waals surface area (Å²) < 4.78 is 11.0. The van der Waals surface area contributed by atoms with Gasteiger partial charge in [0.1, 0.15) is 0 Å². The second-order valence-corrected chi connectivity index (χ2v) is 6.14. The van der Waals surface area contributed by atoms with Crippen LogP contribution in [0.4, 0.5) is 0 Å². The summed E-state index contributed by atoms with van der Waals surface area (Å²) in [5.41, 5.74) is 0. The van der Waals surface area contributed by atoms with Crippen LogP contribution >= 0.6 is 24.0 Å². The Hall–Kier alpha value is -0.120. The van der Waals surface area contributed by atoms with Crippen molar-refractivity contribution in [1.82, 2.24) is 15.5 Å². The number of aliphatic imine (C=N–C) groups is 1. The Morgan fingerprint density at radius 1 is 1.35 bits per heavy atom. The fourth-order valence-electron chi connectivity index (χ4n) is 3.00. The normalized spacial score (nSPS) is 25.4. The molecule has 0 spiro atoms. The molecule has 136 valence electrons. The van der Waals surface area contributed by atoms with Crippen LogP contribution in [0, 0.1) is 5.92 Å². The summed E-state index contributed by atoms with van der Waals surface area (Å²) in [5, 5.41) is 6.80. The molecule has 0 aromatic heterocycles. The first kappa shape index (κ1) is 20.9. The minimum absolute atomic E-state index is 0. The van der Waals surface area contributed by atoms with Gasteiger partial charge in [0.2, 0.25) is 0 Å². The highest BCUT2D eigenvalue weighted by Crippen LogP contribution is 2.14. The predicted octanol–water partition coefficient (Wildman–Crippen LogP) is 1.31. The van der Waals surface area contributed by atoms with Crippen LogP contribution in [-0.2, 0) is 9.47 Å². The van der Waals surface area contributed by atoms with Gasteiger partial charge in [-0.2, -0.15) is 0 Å². The fraction of sp³-hybridized carbons (Fsp3) is 0.938. The van der Waals surface area contributed by atoms with E-state index >= 15 is 0 Å². The fourth-order valence-corrected chi connectivity index (χ4v) is 3.00. The molecule has 23 heavy (non-hydrogen) atoms. The monoisotopic (exact) mass is 440 g/mol. The number of rotatable bonds is 8. The number of hydrogen-bond donors (Lipinski definition) is 2. The number of halogens is 1. The largest absolute Gasteiger partial charge is 0.379 e. The third-order valence-corrected chi connectivity index (χ3v) is 4.45. The molecule has 0 bridgehead atoms. The van der Waals surface area contributed by atoms with Gasteiger partial charge in [-0.15, -0.1) is 24.0 Å². The first-order valence-corrected chi connectivity index (χ1v) is 8.68. The van der Waals surface area contributed by atoms with E-state index in [0.29, 0.717) is 6.10 Å². The maximum absolute atomic E-state index is 5.75. The third kappa shape index (κ3) is 8.00. The number of likely N-dealkylation sites (tertiary alicyclic amines) is 1. The van der Waals surface area contributed by atoms with Crippen LogP contribution in [0.1, 0.15) is 26.2 Å². The minimum atomic E-state index is 0. The van der Waals surface area contributed by atoms with Gasteiger partial charge in [0.05, 0.1) is 12.7 Å². The molecule has 7 heteroatoms.